The summed E-state index contributed by atoms with van der Waals surface area (Å²) in [5, 5.41) is 18.4. The molecule has 1 aromatic carbocycles. The Morgan fingerprint density at radius 2 is 2.14 bits per heavy atom. The molecule has 0 radical (unpaired) electrons. The quantitative estimate of drug-likeness (QED) is 0.667. The zero-order valence-electron chi connectivity index (χ0n) is 12.5. The third-order valence-corrected chi connectivity index (χ3v) is 4.95. The molecule has 2 rings (SSSR count). The Balaban J connectivity index is 2.55. The van der Waals surface area contributed by atoms with Crippen molar-refractivity contribution in [2.24, 2.45) is 0 Å². The van der Waals surface area contributed by atoms with Crippen molar-refractivity contribution < 1.29 is 13.5 Å². The minimum absolute atomic E-state index is 0.0219. The van der Waals surface area contributed by atoms with Gasteiger partial charge in [0.05, 0.1) is 12.3 Å². The third kappa shape index (κ3) is 3.46. The molecule has 1 atom stereocenters. The number of nitrogens with zero attached hydrogens (tertiary/aromatic N) is 3. The first-order chi connectivity index (χ1) is 10.5. The van der Waals surface area contributed by atoms with Crippen molar-refractivity contribution in [3.05, 3.63) is 40.9 Å². The number of para-hydroxylation sites is 1. The highest BCUT2D eigenvalue weighted by Gasteiger charge is 2.34. The van der Waals surface area contributed by atoms with E-state index in [0.717, 1.165) is 24.7 Å². The molecular formula is C15H20N3O3S+. The van der Waals surface area contributed by atoms with Gasteiger partial charge in [-0.15, -0.1) is 0 Å². The second kappa shape index (κ2) is 6.90. The SMILES string of the molecule is CS(=O)(=O)N(c1ccccc1[N+]#N)C1CCCC=C1CCO. The number of hydrogen-bond donors (Lipinski definition) is 1. The molecule has 1 aliphatic carbocycles. The molecule has 1 N–H and O–H groups in total. The predicted molar refractivity (Wildman–Crippen MR) is 85.9 cm³/mol. The molecule has 1 aromatic rings. The summed E-state index contributed by atoms with van der Waals surface area (Å²) in [6, 6.07) is 6.23. The van der Waals surface area contributed by atoms with Gasteiger partial charge in [0.2, 0.25) is 15.4 Å². The lowest BCUT2D eigenvalue weighted by Crippen LogP contribution is -2.42. The molecule has 1 aliphatic rings. The summed E-state index contributed by atoms with van der Waals surface area (Å²) < 4.78 is 26.0. The largest absolute Gasteiger partial charge is 0.409 e. The molecule has 0 aliphatic heterocycles. The van der Waals surface area contributed by atoms with Gasteiger partial charge >= 0.3 is 5.69 Å². The van der Waals surface area contributed by atoms with Crippen molar-refractivity contribution in [1.29, 1.82) is 5.39 Å². The second-order valence-corrected chi connectivity index (χ2v) is 7.21. The number of aliphatic hydroxyl groups excluding tert-OH is 1. The Morgan fingerprint density at radius 1 is 1.41 bits per heavy atom. The summed E-state index contributed by atoms with van der Waals surface area (Å²) in [4.78, 5) is 3.20. The number of sulfonamides is 1. The average molecular weight is 322 g/mol. The molecule has 0 amide bonds. The summed E-state index contributed by atoms with van der Waals surface area (Å²) in [6.07, 6.45) is 6.03. The first-order valence-corrected chi connectivity index (χ1v) is 9.07. The highest BCUT2D eigenvalue weighted by Crippen LogP contribution is 2.36. The van der Waals surface area contributed by atoms with Crippen LogP contribution in [-0.4, -0.2) is 32.4 Å². The lowest BCUT2D eigenvalue weighted by Gasteiger charge is -2.34. The van der Waals surface area contributed by atoms with Crippen LogP contribution in [-0.2, 0) is 10.0 Å². The Bertz CT molecular complexity index is 707. The standard InChI is InChI=1S/C15H20N3O3S/c1-22(20,21)18(15-9-5-3-7-13(15)17-16)14-8-4-2-6-12(14)10-11-19/h3,5-7,9,14,19H,2,4,8,10-11H2,1H3/q+1. The number of aliphatic hydroxyl groups is 1. The van der Waals surface area contributed by atoms with Crippen LogP contribution in [0, 0.1) is 5.39 Å². The van der Waals surface area contributed by atoms with Crippen LogP contribution in [0.5, 0.6) is 0 Å². The van der Waals surface area contributed by atoms with Gasteiger partial charge in [0.1, 0.15) is 5.69 Å². The topological polar surface area (TPSA) is 85.8 Å². The van der Waals surface area contributed by atoms with Crippen molar-refractivity contribution in [3.63, 3.8) is 0 Å². The van der Waals surface area contributed by atoms with E-state index in [2.05, 4.69) is 4.98 Å². The lowest BCUT2D eigenvalue weighted by molar-refractivity contribution is 0.295. The maximum Gasteiger partial charge on any atom is 0.409 e. The molecule has 0 fully saturated rings. The summed E-state index contributed by atoms with van der Waals surface area (Å²) in [7, 11) is -3.56. The first-order valence-electron chi connectivity index (χ1n) is 7.22. The van der Waals surface area contributed by atoms with E-state index in [0.29, 0.717) is 18.5 Å². The molecule has 0 saturated carbocycles. The van der Waals surface area contributed by atoms with Gasteiger partial charge in [-0.1, -0.05) is 18.2 Å². The first kappa shape index (κ1) is 16.5. The smallest absolute Gasteiger partial charge is 0.396 e. The monoisotopic (exact) mass is 322 g/mol. The number of hydrogen-bond acceptors (Lipinski definition) is 4. The highest BCUT2D eigenvalue weighted by atomic mass is 32.2. The van der Waals surface area contributed by atoms with Crippen LogP contribution in [0.2, 0.25) is 0 Å². The molecule has 22 heavy (non-hydrogen) atoms. The second-order valence-electron chi connectivity index (χ2n) is 5.35. The fourth-order valence-electron chi connectivity index (χ4n) is 2.90. The summed E-state index contributed by atoms with van der Waals surface area (Å²) in [5.74, 6) is 0. The molecule has 0 heterocycles. The van der Waals surface area contributed by atoms with Gasteiger partial charge < -0.3 is 5.11 Å². The van der Waals surface area contributed by atoms with Crippen LogP contribution in [0.3, 0.4) is 0 Å². The van der Waals surface area contributed by atoms with Crippen molar-refractivity contribution in [1.82, 2.24) is 0 Å². The molecule has 0 aromatic heterocycles. The Hall–Kier alpha value is -1.91. The van der Waals surface area contributed by atoms with E-state index in [1.807, 2.05) is 6.08 Å². The fraction of sp³-hybridized carbons (Fsp3) is 0.467. The van der Waals surface area contributed by atoms with Crippen LogP contribution in [0.4, 0.5) is 11.4 Å². The van der Waals surface area contributed by atoms with Gasteiger partial charge in [-0.05, 0) is 37.3 Å². The van der Waals surface area contributed by atoms with Gasteiger partial charge in [0, 0.05) is 12.7 Å². The molecule has 118 valence electrons. The molecule has 7 heteroatoms. The average Bonchev–Trinajstić information content (AvgIpc) is 2.49. The van der Waals surface area contributed by atoms with Gasteiger partial charge in [0.25, 0.3) is 0 Å². The maximum atomic E-state index is 12.4. The Morgan fingerprint density at radius 3 is 2.77 bits per heavy atom. The van der Waals surface area contributed by atoms with E-state index in [1.54, 1.807) is 24.3 Å². The predicted octanol–water partition coefficient (Wildman–Crippen LogP) is 2.80. The zero-order chi connectivity index (χ0) is 16.2. The number of rotatable bonds is 5. The number of anilines is 1. The van der Waals surface area contributed by atoms with Crippen molar-refractivity contribution in [3.8, 4) is 0 Å². The zero-order valence-corrected chi connectivity index (χ0v) is 13.3. The highest BCUT2D eigenvalue weighted by molar-refractivity contribution is 7.92. The molecule has 6 nitrogen and oxygen atoms in total. The summed E-state index contributed by atoms with van der Waals surface area (Å²) in [6.45, 7) is -0.0219. The summed E-state index contributed by atoms with van der Waals surface area (Å²) in [5.41, 5.74) is 1.47. The van der Waals surface area contributed by atoms with Crippen molar-refractivity contribution in [2.45, 2.75) is 31.7 Å². The normalized spacial score (nSPS) is 18.4. The summed E-state index contributed by atoms with van der Waals surface area (Å²) >= 11 is 0. The van der Waals surface area contributed by atoms with Crippen LogP contribution in [0.1, 0.15) is 25.7 Å². The van der Waals surface area contributed by atoms with Crippen molar-refractivity contribution in [2.75, 3.05) is 17.2 Å². The lowest BCUT2D eigenvalue weighted by atomic mass is 9.91. The van der Waals surface area contributed by atoms with E-state index >= 15 is 0 Å². The Labute approximate surface area is 130 Å². The molecule has 1 unspecified atom stereocenters. The van der Waals surface area contributed by atoms with E-state index in [-0.39, 0.29) is 18.3 Å². The fourth-order valence-corrected chi connectivity index (χ4v) is 4.11. The number of diazo groups is 1. The van der Waals surface area contributed by atoms with Gasteiger partial charge in [0.15, 0.2) is 4.98 Å². The third-order valence-electron chi connectivity index (χ3n) is 3.78. The van der Waals surface area contributed by atoms with E-state index < -0.39 is 10.0 Å². The number of allylic oxidation sites excluding steroid dienone is 1. The van der Waals surface area contributed by atoms with Gasteiger partial charge in [-0.3, -0.25) is 4.31 Å². The van der Waals surface area contributed by atoms with Crippen molar-refractivity contribution >= 4 is 21.4 Å². The molecular weight excluding hydrogens is 302 g/mol. The number of benzene rings is 1. The van der Waals surface area contributed by atoms with Crippen LogP contribution < -0.4 is 4.31 Å². The van der Waals surface area contributed by atoms with Gasteiger partial charge in [-0.2, -0.15) is 0 Å². The molecule has 0 spiro atoms. The van der Waals surface area contributed by atoms with Crippen LogP contribution >= 0.6 is 0 Å². The molecule has 0 bridgehead atoms. The van der Waals surface area contributed by atoms with Gasteiger partial charge in [-0.25, -0.2) is 8.42 Å². The van der Waals surface area contributed by atoms with Crippen LogP contribution in [0.25, 0.3) is 4.98 Å². The minimum Gasteiger partial charge on any atom is -0.396 e. The Kier molecular flexibility index (Phi) is 5.16. The van der Waals surface area contributed by atoms with E-state index in [9.17, 15) is 13.5 Å². The van der Waals surface area contributed by atoms with Crippen LogP contribution in [0.15, 0.2) is 35.9 Å². The minimum atomic E-state index is -3.56. The molecule has 0 saturated heterocycles. The maximum absolute atomic E-state index is 12.4. The van der Waals surface area contributed by atoms with E-state index in [1.165, 1.54) is 4.31 Å². The van der Waals surface area contributed by atoms with E-state index in [4.69, 9.17) is 5.39 Å².